The van der Waals surface area contributed by atoms with Gasteiger partial charge in [-0.2, -0.15) is 15.1 Å². The molecule has 1 atom stereocenters. The minimum atomic E-state index is -0.0415. The first-order valence-electron chi connectivity index (χ1n) is 6.18. The van der Waals surface area contributed by atoms with Gasteiger partial charge < -0.3 is 15.2 Å². The number of hydrogen-bond donors (Lipinski definition) is 3. The molecule has 3 N–H and O–H groups in total. The molecule has 0 aliphatic carbocycles. The molecule has 0 aliphatic heterocycles. The number of aryl methyl sites for hydroxylation is 1. The maximum atomic E-state index is 4.42. The van der Waals surface area contributed by atoms with Gasteiger partial charge in [0.25, 0.3) is 0 Å². The molecular weight excluding hydrogens is 258 g/mol. The third kappa shape index (κ3) is 2.02. The van der Waals surface area contributed by atoms with Gasteiger partial charge in [-0.3, -0.25) is 5.10 Å². The molecule has 0 fully saturated rings. The predicted octanol–water partition coefficient (Wildman–Crippen LogP) is 0.696. The quantitative estimate of drug-likeness (QED) is 0.641. The number of aromatic amines is 1. The molecule has 0 spiro atoms. The molecule has 9 nitrogen and oxygen atoms in total. The number of aromatic nitrogens is 7. The van der Waals surface area contributed by atoms with Crippen molar-refractivity contribution in [3.8, 4) is 0 Å². The van der Waals surface area contributed by atoms with Crippen LogP contribution < -0.4 is 10.6 Å². The third-order valence-corrected chi connectivity index (χ3v) is 3.02. The van der Waals surface area contributed by atoms with Crippen molar-refractivity contribution in [1.82, 2.24) is 34.9 Å². The van der Waals surface area contributed by atoms with Crippen LogP contribution in [0, 0.1) is 0 Å². The minimum Gasteiger partial charge on any atom is -0.360 e. The van der Waals surface area contributed by atoms with Crippen molar-refractivity contribution in [2.45, 2.75) is 13.0 Å². The summed E-state index contributed by atoms with van der Waals surface area (Å²) in [6.45, 7) is 2.00. The summed E-state index contributed by atoms with van der Waals surface area (Å²) in [5.41, 5.74) is 0.678. The molecule has 3 aromatic heterocycles. The zero-order valence-corrected chi connectivity index (χ0v) is 11.4. The van der Waals surface area contributed by atoms with Gasteiger partial charge >= 0.3 is 0 Å². The molecular formula is C11H15N9. The van der Waals surface area contributed by atoms with E-state index in [1.807, 2.05) is 18.5 Å². The van der Waals surface area contributed by atoms with Crippen LogP contribution in [0.5, 0.6) is 0 Å². The Morgan fingerprint density at radius 3 is 2.90 bits per heavy atom. The van der Waals surface area contributed by atoms with Crippen molar-refractivity contribution < 1.29 is 0 Å². The fourth-order valence-electron chi connectivity index (χ4n) is 2.01. The number of fused-ring (bicyclic) bond motifs is 1. The molecule has 104 valence electrons. The summed E-state index contributed by atoms with van der Waals surface area (Å²) in [7, 11) is 3.67. The van der Waals surface area contributed by atoms with E-state index in [1.165, 1.54) is 0 Å². The fourth-order valence-corrected chi connectivity index (χ4v) is 2.01. The van der Waals surface area contributed by atoms with Crippen molar-refractivity contribution in [3.63, 3.8) is 0 Å². The summed E-state index contributed by atoms with van der Waals surface area (Å²) in [5.74, 6) is 2.05. The van der Waals surface area contributed by atoms with E-state index in [1.54, 1.807) is 19.6 Å². The van der Waals surface area contributed by atoms with Crippen molar-refractivity contribution >= 4 is 22.8 Å². The molecule has 3 aromatic rings. The van der Waals surface area contributed by atoms with E-state index in [0.29, 0.717) is 17.4 Å². The van der Waals surface area contributed by atoms with Crippen molar-refractivity contribution in [2.24, 2.45) is 7.05 Å². The maximum Gasteiger partial charge on any atom is 0.226 e. The zero-order valence-electron chi connectivity index (χ0n) is 11.4. The highest BCUT2D eigenvalue weighted by Gasteiger charge is 2.15. The van der Waals surface area contributed by atoms with Crippen LogP contribution in [0.4, 0.5) is 11.8 Å². The van der Waals surface area contributed by atoms with Crippen LogP contribution >= 0.6 is 0 Å². The topological polar surface area (TPSA) is 109 Å². The molecule has 3 heterocycles. The van der Waals surface area contributed by atoms with E-state index < -0.39 is 0 Å². The normalized spacial score (nSPS) is 12.6. The number of nitrogens with one attached hydrogen (secondary N) is 3. The maximum absolute atomic E-state index is 4.42. The van der Waals surface area contributed by atoms with Crippen LogP contribution in [0.1, 0.15) is 18.8 Å². The van der Waals surface area contributed by atoms with Crippen LogP contribution in [-0.4, -0.2) is 42.0 Å². The van der Waals surface area contributed by atoms with Crippen molar-refractivity contribution in [2.75, 3.05) is 17.7 Å². The largest absolute Gasteiger partial charge is 0.360 e. The summed E-state index contributed by atoms with van der Waals surface area (Å²) >= 11 is 0. The predicted molar refractivity (Wildman–Crippen MR) is 74.3 cm³/mol. The van der Waals surface area contributed by atoms with E-state index in [9.17, 15) is 0 Å². The molecule has 3 rings (SSSR count). The highest BCUT2D eigenvalue weighted by Crippen LogP contribution is 2.23. The van der Waals surface area contributed by atoms with Gasteiger partial charge in [-0.05, 0) is 6.92 Å². The van der Waals surface area contributed by atoms with E-state index in [4.69, 9.17) is 0 Å². The second-order valence-corrected chi connectivity index (χ2v) is 4.44. The monoisotopic (exact) mass is 273 g/mol. The highest BCUT2D eigenvalue weighted by atomic mass is 15.3. The van der Waals surface area contributed by atoms with E-state index in [2.05, 4.69) is 41.0 Å². The SMILES string of the molecule is CNc1nc(NC(C)c2nncn2C)c2cn[nH]c2n1. The Balaban J connectivity index is 1.97. The molecule has 0 radical (unpaired) electrons. The molecule has 1 unspecified atom stereocenters. The number of rotatable bonds is 4. The number of anilines is 2. The van der Waals surface area contributed by atoms with E-state index >= 15 is 0 Å². The average molecular weight is 273 g/mol. The molecule has 0 saturated heterocycles. The summed E-state index contributed by atoms with van der Waals surface area (Å²) in [5, 5.41) is 21.9. The Morgan fingerprint density at radius 2 is 2.20 bits per heavy atom. The molecule has 9 heteroatoms. The second kappa shape index (κ2) is 4.76. The van der Waals surface area contributed by atoms with Crippen LogP contribution in [0.25, 0.3) is 11.0 Å². The Labute approximate surface area is 114 Å². The van der Waals surface area contributed by atoms with E-state index in [0.717, 1.165) is 11.2 Å². The summed E-state index contributed by atoms with van der Waals surface area (Å²) < 4.78 is 1.87. The first-order chi connectivity index (χ1) is 9.69. The standard InChI is InChI=1S/C11H15N9/c1-6(10-19-14-5-20(10)3)15-8-7-4-13-18-9(7)17-11(12-2)16-8/h4-6H,1-3H3,(H3,12,13,15,16,17,18). The summed E-state index contributed by atoms with van der Waals surface area (Å²) in [4.78, 5) is 8.71. The van der Waals surface area contributed by atoms with Gasteiger partial charge in [-0.1, -0.05) is 0 Å². The molecule has 0 amide bonds. The Hall–Kier alpha value is -2.71. The first kappa shape index (κ1) is 12.3. The van der Waals surface area contributed by atoms with Crippen LogP contribution in [0.15, 0.2) is 12.5 Å². The lowest BCUT2D eigenvalue weighted by molar-refractivity contribution is 0.717. The lowest BCUT2D eigenvalue weighted by Crippen LogP contribution is -2.13. The van der Waals surface area contributed by atoms with Gasteiger partial charge in [0.05, 0.1) is 17.6 Å². The highest BCUT2D eigenvalue weighted by molar-refractivity contribution is 5.87. The first-order valence-corrected chi connectivity index (χ1v) is 6.18. The van der Waals surface area contributed by atoms with Gasteiger partial charge in [-0.15, -0.1) is 10.2 Å². The lowest BCUT2D eigenvalue weighted by atomic mass is 10.3. The van der Waals surface area contributed by atoms with Gasteiger partial charge in [0.15, 0.2) is 11.5 Å². The smallest absolute Gasteiger partial charge is 0.226 e. The minimum absolute atomic E-state index is 0.0415. The molecule has 0 saturated carbocycles. The second-order valence-electron chi connectivity index (χ2n) is 4.44. The molecule has 0 bridgehead atoms. The van der Waals surface area contributed by atoms with Gasteiger partial charge in [0, 0.05) is 14.1 Å². The third-order valence-electron chi connectivity index (χ3n) is 3.02. The number of H-pyrrole nitrogens is 1. The van der Waals surface area contributed by atoms with Crippen molar-refractivity contribution in [1.29, 1.82) is 0 Å². The van der Waals surface area contributed by atoms with Crippen LogP contribution in [0.2, 0.25) is 0 Å². The zero-order chi connectivity index (χ0) is 14.1. The molecule has 20 heavy (non-hydrogen) atoms. The van der Waals surface area contributed by atoms with Crippen molar-refractivity contribution in [3.05, 3.63) is 18.3 Å². The number of hydrogen-bond acceptors (Lipinski definition) is 7. The fraction of sp³-hybridized carbons (Fsp3) is 0.364. The lowest BCUT2D eigenvalue weighted by Gasteiger charge is -2.14. The van der Waals surface area contributed by atoms with E-state index in [-0.39, 0.29) is 6.04 Å². The Bertz CT molecular complexity index is 728. The van der Waals surface area contributed by atoms with Crippen LogP contribution in [0.3, 0.4) is 0 Å². The van der Waals surface area contributed by atoms with Crippen LogP contribution in [-0.2, 0) is 7.05 Å². The van der Waals surface area contributed by atoms with Gasteiger partial charge in [0.2, 0.25) is 5.95 Å². The molecule has 0 aromatic carbocycles. The average Bonchev–Trinajstić information content (AvgIpc) is 3.06. The van der Waals surface area contributed by atoms with Gasteiger partial charge in [0.1, 0.15) is 12.1 Å². The summed E-state index contributed by atoms with van der Waals surface area (Å²) in [6, 6.07) is -0.0415. The Morgan fingerprint density at radius 1 is 1.35 bits per heavy atom. The number of nitrogens with zero attached hydrogens (tertiary/aromatic N) is 6. The Kier molecular flexibility index (Phi) is 2.93. The summed E-state index contributed by atoms with van der Waals surface area (Å²) in [6.07, 6.45) is 3.36. The molecule has 0 aliphatic rings. The van der Waals surface area contributed by atoms with Gasteiger partial charge in [-0.25, -0.2) is 0 Å².